The van der Waals surface area contributed by atoms with Crippen molar-refractivity contribution in [1.29, 1.82) is 0 Å². The number of carboxylic acid groups (broad SMARTS) is 1. The van der Waals surface area contributed by atoms with Gasteiger partial charge in [-0.3, -0.25) is 0 Å². The van der Waals surface area contributed by atoms with E-state index < -0.39 is 12.0 Å². The van der Waals surface area contributed by atoms with Crippen LogP contribution in [0.5, 0.6) is 5.75 Å². The van der Waals surface area contributed by atoms with Crippen LogP contribution >= 0.6 is 0 Å². The maximum absolute atomic E-state index is 11.8. The van der Waals surface area contributed by atoms with Crippen LogP contribution < -0.4 is 10.6 Å². The number of aromatic carboxylic acids is 1. The molecule has 0 spiro atoms. The molecule has 1 aromatic carbocycles. The number of carbonyl (C=O) groups is 2. The first-order chi connectivity index (χ1) is 9.83. The van der Waals surface area contributed by atoms with Gasteiger partial charge in [0.15, 0.2) is 0 Å². The predicted octanol–water partition coefficient (Wildman–Crippen LogP) is 3.04. The highest BCUT2D eigenvalue weighted by molar-refractivity contribution is 5.93. The molecule has 21 heavy (non-hydrogen) atoms. The first kappa shape index (κ1) is 16.8. The van der Waals surface area contributed by atoms with Gasteiger partial charge in [0.25, 0.3) is 0 Å². The van der Waals surface area contributed by atoms with E-state index in [1.54, 1.807) is 0 Å². The maximum atomic E-state index is 11.8. The summed E-state index contributed by atoms with van der Waals surface area (Å²) >= 11 is 0. The lowest BCUT2D eigenvalue weighted by atomic mass is 10.0. The standard InChI is InChI=1S/C15H22N2O4/c1-4-9(2)7-10(3)16-15(21)17-12-6-5-11(14(19)20)8-13(12)18/h5-6,8-10,18H,4,7H2,1-3H3,(H,19,20)(H2,16,17,21). The molecule has 0 aromatic heterocycles. The van der Waals surface area contributed by atoms with E-state index >= 15 is 0 Å². The number of benzene rings is 1. The van der Waals surface area contributed by atoms with E-state index in [1.165, 1.54) is 12.1 Å². The molecule has 0 saturated heterocycles. The van der Waals surface area contributed by atoms with Crippen molar-refractivity contribution in [2.45, 2.75) is 39.7 Å². The molecule has 0 fully saturated rings. The molecule has 4 N–H and O–H groups in total. The van der Waals surface area contributed by atoms with Gasteiger partial charge in [-0.25, -0.2) is 9.59 Å². The summed E-state index contributed by atoms with van der Waals surface area (Å²) in [5.74, 6) is -0.897. The van der Waals surface area contributed by atoms with Crippen LogP contribution in [0.25, 0.3) is 0 Å². The number of anilines is 1. The van der Waals surface area contributed by atoms with Gasteiger partial charge in [-0.05, 0) is 37.5 Å². The quantitative estimate of drug-likeness (QED) is 0.606. The number of phenols is 1. The summed E-state index contributed by atoms with van der Waals surface area (Å²) in [6, 6.07) is 3.36. The molecule has 0 aliphatic rings. The van der Waals surface area contributed by atoms with E-state index in [9.17, 15) is 14.7 Å². The summed E-state index contributed by atoms with van der Waals surface area (Å²) in [4.78, 5) is 22.6. The minimum atomic E-state index is -1.14. The Hall–Kier alpha value is -2.24. The van der Waals surface area contributed by atoms with Crippen molar-refractivity contribution < 1.29 is 19.8 Å². The fourth-order valence-corrected chi connectivity index (χ4v) is 1.98. The van der Waals surface area contributed by atoms with Gasteiger partial charge in [-0.1, -0.05) is 20.3 Å². The molecule has 0 heterocycles. The van der Waals surface area contributed by atoms with E-state index in [-0.39, 0.29) is 23.0 Å². The second-order valence-corrected chi connectivity index (χ2v) is 5.29. The van der Waals surface area contributed by atoms with Crippen LogP contribution in [0, 0.1) is 5.92 Å². The van der Waals surface area contributed by atoms with E-state index in [0.717, 1.165) is 18.9 Å². The molecule has 6 heteroatoms. The van der Waals surface area contributed by atoms with Gasteiger partial charge in [0.05, 0.1) is 11.3 Å². The van der Waals surface area contributed by atoms with Crippen LogP contribution in [0.2, 0.25) is 0 Å². The first-order valence-corrected chi connectivity index (χ1v) is 6.97. The Morgan fingerprint density at radius 1 is 1.29 bits per heavy atom. The second kappa shape index (κ2) is 7.52. The highest BCUT2D eigenvalue weighted by atomic mass is 16.4. The number of urea groups is 1. The van der Waals surface area contributed by atoms with Crippen LogP contribution in [-0.4, -0.2) is 28.3 Å². The molecule has 2 atom stereocenters. The monoisotopic (exact) mass is 294 g/mol. The summed E-state index contributed by atoms with van der Waals surface area (Å²) in [5, 5.41) is 23.8. The summed E-state index contributed by atoms with van der Waals surface area (Å²) < 4.78 is 0. The Labute approximate surface area is 124 Å². The third-order valence-electron chi connectivity index (χ3n) is 3.32. The van der Waals surface area contributed by atoms with Gasteiger partial charge in [-0.2, -0.15) is 0 Å². The molecule has 0 aliphatic heterocycles. The smallest absolute Gasteiger partial charge is 0.335 e. The molecule has 1 aromatic rings. The zero-order chi connectivity index (χ0) is 16.0. The Bertz CT molecular complexity index is 516. The van der Waals surface area contributed by atoms with Gasteiger partial charge < -0.3 is 20.8 Å². The number of carboxylic acids is 1. The number of aromatic hydroxyl groups is 1. The third kappa shape index (κ3) is 5.33. The Morgan fingerprint density at radius 2 is 1.95 bits per heavy atom. The average molecular weight is 294 g/mol. The maximum Gasteiger partial charge on any atom is 0.335 e. The highest BCUT2D eigenvalue weighted by Crippen LogP contribution is 2.24. The van der Waals surface area contributed by atoms with E-state index in [2.05, 4.69) is 24.5 Å². The molecule has 0 saturated carbocycles. The van der Waals surface area contributed by atoms with Crippen molar-refractivity contribution in [2.24, 2.45) is 5.92 Å². The van der Waals surface area contributed by atoms with Crippen molar-refractivity contribution in [3.63, 3.8) is 0 Å². The van der Waals surface area contributed by atoms with Crippen LogP contribution in [-0.2, 0) is 0 Å². The fraction of sp³-hybridized carbons (Fsp3) is 0.467. The summed E-state index contributed by atoms with van der Waals surface area (Å²) in [6.07, 6.45) is 1.92. The molecule has 2 unspecified atom stereocenters. The first-order valence-electron chi connectivity index (χ1n) is 6.97. The topological polar surface area (TPSA) is 98.7 Å². The lowest BCUT2D eigenvalue weighted by molar-refractivity contribution is 0.0696. The molecular formula is C15H22N2O4. The van der Waals surface area contributed by atoms with Crippen molar-refractivity contribution in [3.05, 3.63) is 23.8 Å². The largest absolute Gasteiger partial charge is 0.506 e. The Morgan fingerprint density at radius 3 is 2.48 bits per heavy atom. The minimum absolute atomic E-state index is 0.0142. The molecule has 116 valence electrons. The number of carbonyl (C=O) groups excluding carboxylic acids is 1. The van der Waals surface area contributed by atoms with E-state index in [4.69, 9.17) is 5.11 Å². The number of rotatable bonds is 6. The number of hydrogen-bond acceptors (Lipinski definition) is 3. The molecule has 2 amide bonds. The zero-order valence-corrected chi connectivity index (χ0v) is 12.5. The lowest BCUT2D eigenvalue weighted by Gasteiger charge is -2.18. The number of amides is 2. The van der Waals surface area contributed by atoms with Crippen LogP contribution in [0.4, 0.5) is 10.5 Å². The van der Waals surface area contributed by atoms with Crippen molar-refractivity contribution in [3.8, 4) is 5.75 Å². The lowest BCUT2D eigenvalue weighted by Crippen LogP contribution is -2.37. The molecule has 6 nitrogen and oxygen atoms in total. The van der Waals surface area contributed by atoms with Gasteiger partial charge in [0.2, 0.25) is 0 Å². The summed E-state index contributed by atoms with van der Waals surface area (Å²) in [6.45, 7) is 6.13. The number of hydrogen-bond donors (Lipinski definition) is 4. The molecule has 0 radical (unpaired) electrons. The van der Waals surface area contributed by atoms with Crippen LogP contribution in [0.15, 0.2) is 18.2 Å². The fourth-order valence-electron chi connectivity index (χ4n) is 1.98. The number of nitrogens with one attached hydrogen (secondary N) is 2. The van der Waals surface area contributed by atoms with Crippen LogP contribution in [0.1, 0.15) is 44.0 Å². The number of phenolic OH excluding ortho intramolecular Hbond substituents is 1. The average Bonchev–Trinajstić information content (AvgIpc) is 2.40. The zero-order valence-electron chi connectivity index (χ0n) is 12.5. The molecular weight excluding hydrogens is 272 g/mol. The highest BCUT2D eigenvalue weighted by Gasteiger charge is 2.13. The minimum Gasteiger partial charge on any atom is -0.506 e. The van der Waals surface area contributed by atoms with Crippen LogP contribution in [0.3, 0.4) is 0 Å². The van der Waals surface area contributed by atoms with Crippen molar-refractivity contribution in [1.82, 2.24) is 5.32 Å². The SMILES string of the molecule is CCC(C)CC(C)NC(=O)Nc1ccc(C(=O)O)cc1O. The summed E-state index contributed by atoms with van der Waals surface area (Å²) in [5.41, 5.74) is 0.136. The van der Waals surface area contributed by atoms with E-state index in [1.807, 2.05) is 6.92 Å². The van der Waals surface area contributed by atoms with Crippen molar-refractivity contribution in [2.75, 3.05) is 5.32 Å². The molecule has 0 bridgehead atoms. The second-order valence-electron chi connectivity index (χ2n) is 5.29. The van der Waals surface area contributed by atoms with Gasteiger partial charge in [-0.15, -0.1) is 0 Å². The van der Waals surface area contributed by atoms with Crippen molar-refractivity contribution >= 4 is 17.7 Å². The Kier molecular flexibility index (Phi) is 6.02. The molecule has 1 rings (SSSR count). The van der Waals surface area contributed by atoms with E-state index in [0.29, 0.717) is 5.92 Å². The van der Waals surface area contributed by atoms with Gasteiger partial charge in [0.1, 0.15) is 5.75 Å². The Balaban J connectivity index is 2.61. The van der Waals surface area contributed by atoms with Gasteiger partial charge >= 0.3 is 12.0 Å². The molecule has 0 aliphatic carbocycles. The van der Waals surface area contributed by atoms with Gasteiger partial charge in [0, 0.05) is 6.04 Å². The third-order valence-corrected chi connectivity index (χ3v) is 3.32. The normalized spacial score (nSPS) is 13.3. The summed E-state index contributed by atoms with van der Waals surface area (Å²) in [7, 11) is 0. The predicted molar refractivity (Wildman–Crippen MR) is 80.8 cm³/mol.